The maximum atomic E-state index is 13.9. The van der Waals surface area contributed by atoms with Crippen molar-refractivity contribution in [3.63, 3.8) is 0 Å². The smallest absolute Gasteiger partial charge is 0.870 e. The van der Waals surface area contributed by atoms with Crippen LogP contribution in [0.15, 0.2) is 214 Å². The summed E-state index contributed by atoms with van der Waals surface area (Å²) in [7, 11) is -7.07. The summed E-state index contributed by atoms with van der Waals surface area (Å²) in [6.45, 7) is 5.01. The average molecular weight is 1460 g/mol. The van der Waals surface area contributed by atoms with Crippen LogP contribution in [0.4, 0.5) is 30.2 Å². The van der Waals surface area contributed by atoms with E-state index in [1.807, 2.05) is 0 Å². The molecule has 6 heterocycles. The topological polar surface area (TPSA) is 289 Å². The van der Waals surface area contributed by atoms with Gasteiger partial charge in [0.05, 0.1) is 65.8 Å². The van der Waals surface area contributed by atoms with Crippen molar-refractivity contribution in [2.45, 2.75) is 41.6 Å². The van der Waals surface area contributed by atoms with E-state index in [0.29, 0.717) is 108 Å². The molecule has 15 rings (SSSR count). The van der Waals surface area contributed by atoms with Gasteiger partial charge in [0.1, 0.15) is 0 Å². The van der Waals surface area contributed by atoms with E-state index in [4.69, 9.17) is 47.4 Å². The summed E-state index contributed by atoms with van der Waals surface area (Å²) < 4.78 is 181. The van der Waals surface area contributed by atoms with Crippen LogP contribution in [-0.4, -0.2) is 96.6 Å². The number of carbonyl (C=O) groups is 2. The van der Waals surface area contributed by atoms with Crippen molar-refractivity contribution in [1.82, 2.24) is 0 Å². The van der Waals surface area contributed by atoms with Gasteiger partial charge < -0.3 is 58.0 Å². The van der Waals surface area contributed by atoms with Crippen LogP contribution in [0, 0.1) is 13.8 Å². The number of carbonyl (C=O) groups excluding carboxylic acids is 1. The van der Waals surface area contributed by atoms with Gasteiger partial charge in [-0.25, -0.2) is 47.8 Å². The Morgan fingerprint density at radius 3 is 1.15 bits per heavy atom. The minimum absolute atomic E-state index is 0. The van der Waals surface area contributed by atoms with Gasteiger partial charge >= 0.3 is 37.0 Å². The second-order valence-corrected chi connectivity index (χ2v) is 28.1. The fourth-order valence-corrected chi connectivity index (χ4v) is 18.0. The number of aryl methyl sites for hydroxylation is 2. The molecule has 9 aromatic rings. The molecule has 6 aliphatic heterocycles. The molecule has 0 aromatic heterocycles. The molecular formula is C73H59F3LiN3O20S3. The predicted octanol–water partition coefficient (Wildman–Crippen LogP) is 9.92. The third-order valence-corrected chi connectivity index (χ3v) is 22.5. The maximum absolute atomic E-state index is 13.9. The Kier molecular flexibility index (Phi) is 20.2. The van der Waals surface area contributed by atoms with Gasteiger partial charge in [0.25, 0.3) is 30.1 Å². The molecule has 0 saturated heterocycles. The largest absolute Gasteiger partial charge is 1.00 e. The summed E-state index contributed by atoms with van der Waals surface area (Å²) in [6.07, 6.45) is -4.76. The van der Waals surface area contributed by atoms with Crippen LogP contribution >= 0.6 is 0 Å². The third kappa shape index (κ3) is 12.6. The van der Waals surface area contributed by atoms with Crippen molar-refractivity contribution in [3.05, 3.63) is 249 Å². The summed E-state index contributed by atoms with van der Waals surface area (Å²) in [4.78, 5) is 25.9. The molecule has 0 spiro atoms. The quantitative estimate of drug-likeness (QED) is 0.0930. The van der Waals surface area contributed by atoms with Crippen molar-refractivity contribution in [2.24, 2.45) is 0 Å². The van der Waals surface area contributed by atoms with Crippen molar-refractivity contribution < 1.29 is 125 Å². The molecule has 103 heavy (non-hydrogen) atoms. The number of fused-ring (bicyclic) bond motifs is 6. The van der Waals surface area contributed by atoms with E-state index in [-0.39, 0.29) is 93.3 Å². The molecule has 0 fully saturated rings. The van der Waals surface area contributed by atoms with Gasteiger partial charge in [-0.15, -0.1) is 0 Å². The molecule has 30 heteroatoms. The number of para-hydroxylation sites is 3. The summed E-state index contributed by atoms with van der Waals surface area (Å²) in [5, 5.41) is 10.3. The molecule has 0 bridgehead atoms. The number of methoxy groups -OCH3 is 4. The molecule has 9 aromatic carbocycles. The number of halogens is 3. The molecule has 0 radical (unpaired) electrons. The second kappa shape index (κ2) is 28.4. The zero-order chi connectivity index (χ0) is 71.6. The Balaban J connectivity index is 0.000000153. The van der Waals surface area contributed by atoms with E-state index in [9.17, 15) is 53.1 Å². The number of aliphatic carboxylic acids is 1. The van der Waals surface area contributed by atoms with Gasteiger partial charge in [0, 0.05) is 39.1 Å². The summed E-state index contributed by atoms with van der Waals surface area (Å²) in [6, 6.07) is 47.4. The Bertz CT molecular complexity index is 5420. The summed E-state index contributed by atoms with van der Waals surface area (Å²) in [5.41, 5.74) is 3.45. The van der Waals surface area contributed by atoms with E-state index in [1.54, 1.807) is 147 Å². The molecular weight excluding hydrogens is 1400 g/mol. The van der Waals surface area contributed by atoms with Crippen LogP contribution in [0.2, 0.25) is 0 Å². The molecule has 2 N–H and O–H groups in total. The van der Waals surface area contributed by atoms with Gasteiger partial charge in [-0.3, -0.25) is 0 Å². The number of esters is 1. The van der Waals surface area contributed by atoms with Crippen LogP contribution < -0.4 is 74.4 Å². The van der Waals surface area contributed by atoms with Gasteiger partial charge in [-0.2, -0.15) is 13.2 Å². The van der Waals surface area contributed by atoms with Gasteiger partial charge in [-0.05, 0) is 127 Å². The van der Waals surface area contributed by atoms with Gasteiger partial charge in [0.2, 0.25) is 37.6 Å². The number of hydrogen-bond donors (Lipinski definition) is 1. The van der Waals surface area contributed by atoms with Crippen LogP contribution in [-0.2, 0) is 50.6 Å². The summed E-state index contributed by atoms with van der Waals surface area (Å²) >= 11 is 0. The number of carboxylic acid groups (broad SMARTS) is 1. The van der Waals surface area contributed by atoms with Gasteiger partial charge in [-0.1, -0.05) is 103 Å². The Morgan fingerprint density at radius 2 is 0.767 bits per heavy atom. The number of hydrogen-bond acceptors (Lipinski definition) is 19. The van der Waals surface area contributed by atoms with Crippen molar-refractivity contribution in [2.75, 3.05) is 61.7 Å². The van der Waals surface area contributed by atoms with E-state index in [0.717, 1.165) is 25.0 Å². The minimum Gasteiger partial charge on any atom is -0.870 e. The SMILES string of the molecule is COC(=O)C1=C(c2cc(OC)c3c(c2)OCO3)c2ccccc2S(=O)(=O)N1c1ccccc1C.COc1cc(C2=C(C(=O)O)N(c3ccccc3C)S(=O)(=O)c3ccccc32)cc2c1OCO2.COc1cc(C2=C(C)N(c3ccccc3C(F)(F)F)S(=O)(=O)c3ccccc32)cc2c1OCO2.[Li+].[OH-]. The van der Waals surface area contributed by atoms with Gasteiger partial charge in [0.15, 0.2) is 45.9 Å². The molecule has 0 unspecified atom stereocenters. The van der Waals surface area contributed by atoms with Crippen LogP contribution in [0.3, 0.4) is 0 Å². The number of rotatable bonds is 11. The number of benzene rings is 9. The number of ether oxygens (including phenoxy) is 10. The Morgan fingerprint density at radius 1 is 0.437 bits per heavy atom. The number of alkyl halides is 3. The predicted molar refractivity (Wildman–Crippen MR) is 365 cm³/mol. The first-order valence-corrected chi connectivity index (χ1v) is 34.9. The van der Waals surface area contributed by atoms with E-state index >= 15 is 0 Å². The molecule has 0 amide bonds. The monoisotopic (exact) mass is 1460 g/mol. The Hall–Kier alpha value is -11.1. The first-order chi connectivity index (χ1) is 48.4. The first kappa shape index (κ1) is 73.2. The fraction of sp³-hybridized carbons (Fsp3) is 0.151. The van der Waals surface area contributed by atoms with Crippen molar-refractivity contribution in [1.29, 1.82) is 0 Å². The van der Waals surface area contributed by atoms with E-state index < -0.39 is 59.4 Å². The van der Waals surface area contributed by atoms with Crippen LogP contribution in [0.1, 0.15) is 57.0 Å². The number of carboxylic acids is 1. The number of anilines is 3. The van der Waals surface area contributed by atoms with E-state index in [1.165, 1.54) is 71.8 Å². The first-order valence-electron chi connectivity index (χ1n) is 30.5. The van der Waals surface area contributed by atoms with E-state index in [2.05, 4.69) is 0 Å². The zero-order valence-electron chi connectivity index (χ0n) is 55.9. The number of allylic oxidation sites excluding steroid dienone is 1. The second-order valence-electron chi connectivity index (χ2n) is 22.8. The fourth-order valence-electron chi connectivity index (χ4n) is 12.7. The standard InChI is InChI=1S/C25H21NO7S.C24H18F3NO5S.C24H19NO7S.Li.H2O/c1-15-8-4-6-10-18(15)26-23(25(27)31-3)22(17-9-5-7-11-21(17)34(26,28)29)16-12-19(30-2)24-20(13-16)32-14-33-24;1-14-22(15-11-19(31-2)23-20(12-15)32-13-33-23)16-7-3-6-10-21(16)34(29,30)28(14)18-9-5-4-8-17(18)24(25,26)27;1-14-7-3-5-9-17(14)25-22(24(26)27)21(16-8-4-6-10-20(16)33(25,28)29)15-11-18(30-2)23-19(12-15)31-13-32-23;;/h4-13H,14H2,1-3H3;3-12H,13H2,1-2H3;3-12H,13H2,1-2H3,(H,26,27);;1H2/q;;;+1;/p-1. The molecule has 6 aliphatic rings. The molecule has 23 nitrogen and oxygen atoms in total. The van der Waals surface area contributed by atoms with Crippen molar-refractivity contribution in [3.8, 4) is 51.7 Å². The maximum Gasteiger partial charge on any atom is 1.00 e. The van der Waals surface area contributed by atoms with Crippen molar-refractivity contribution >= 4 is 75.8 Å². The molecule has 0 aliphatic carbocycles. The molecule has 526 valence electrons. The summed E-state index contributed by atoms with van der Waals surface area (Å²) in [5.74, 6) is 1.39. The van der Waals surface area contributed by atoms with Crippen LogP contribution in [0.25, 0.3) is 16.7 Å². The number of nitrogens with zero attached hydrogens (tertiary/aromatic N) is 3. The average Bonchev–Trinajstić information content (AvgIpc) is 1.47. The zero-order valence-corrected chi connectivity index (χ0v) is 58.3. The Labute approximate surface area is 601 Å². The number of sulfonamides is 3. The minimum atomic E-state index is -4.76. The van der Waals surface area contributed by atoms with Crippen LogP contribution in [0.5, 0.6) is 51.7 Å². The normalized spacial score (nSPS) is 15.7. The third-order valence-electron chi connectivity index (χ3n) is 17.1. The molecule has 0 atom stereocenters. The molecule has 0 saturated carbocycles.